The first-order valence-corrected chi connectivity index (χ1v) is 6.72. The standard InChI is InChI=1S/C13H9FN2O4S/c14-11-8(3-1-5-10(11)16(19)20)7-21-12-9(13(17)18)4-2-6-15-12/h1-6H,7H2,(H,17,18). The number of rotatable bonds is 5. The van der Waals surface area contributed by atoms with Crippen molar-refractivity contribution in [2.75, 3.05) is 0 Å². The van der Waals surface area contributed by atoms with Crippen LogP contribution in [0.3, 0.4) is 0 Å². The van der Waals surface area contributed by atoms with Gasteiger partial charge in [0, 0.05) is 23.6 Å². The summed E-state index contributed by atoms with van der Waals surface area (Å²) in [6, 6.07) is 6.75. The summed E-state index contributed by atoms with van der Waals surface area (Å²) in [6.07, 6.45) is 1.43. The van der Waals surface area contributed by atoms with Gasteiger partial charge in [0.1, 0.15) is 5.03 Å². The largest absolute Gasteiger partial charge is 0.478 e. The summed E-state index contributed by atoms with van der Waals surface area (Å²) in [5.41, 5.74) is -0.475. The molecule has 0 atom stereocenters. The maximum absolute atomic E-state index is 13.9. The molecule has 0 saturated carbocycles. The third kappa shape index (κ3) is 3.34. The molecule has 0 spiro atoms. The molecule has 1 aromatic carbocycles. The number of hydrogen-bond donors (Lipinski definition) is 1. The third-order valence-electron chi connectivity index (χ3n) is 2.62. The predicted octanol–water partition coefficient (Wildman–Crippen LogP) is 3.12. The first kappa shape index (κ1) is 14.9. The molecular weight excluding hydrogens is 299 g/mol. The van der Waals surface area contributed by atoms with Gasteiger partial charge in [-0.2, -0.15) is 4.39 Å². The Kier molecular flexibility index (Phi) is 4.49. The minimum absolute atomic E-state index is 0.00772. The number of thioether (sulfide) groups is 1. The number of nitro groups is 1. The highest BCUT2D eigenvalue weighted by molar-refractivity contribution is 7.98. The van der Waals surface area contributed by atoms with Crippen LogP contribution in [0.4, 0.5) is 10.1 Å². The summed E-state index contributed by atoms with van der Waals surface area (Å²) in [7, 11) is 0. The molecule has 1 heterocycles. The maximum Gasteiger partial charge on any atom is 0.338 e. The van der Waals surface area contributed by atoms with Gasteiger partial charge in [-0.1, -0.05) is 12.1 Å². The zero-order valence-corrected chi connectivity index (χ0v) is 11.3. The van der Waals surface area contributed by atoms with Gasteiger partial charge >= 0.3 is 11.7 Å². The van der Waals surface area contributed by atoms with E-state index in [1.54, 1.807) is 0 Å². The lowest BCUT2D eigenvalue weighted by Crippen LogP contribution is -2.01. The van der Waals surface area contributed by atoms with Gasteiger partial charge in [-0.05, 0) is 12.1 Å². The van der Waals surface area contributed by atoms with E-state index in [1.165, 1.54) is 30.5 Å². The van der Waals surface area contributed by atoms with Crippen molar-refractivity contribution in [1.29, 1.82) is 0 Å². The molecule has 0 bridgehead atoms. The fourth-order valence-electron chi connectivity index (χ4n) is 1.63. The topological polar surface area (TPSA) is 93.3 Å². The van der Waals surface area contributed by atoms with Crippen LogP contribution >= 0.6 is 11.8 Å². The molecule has 0 aliphatic carbocycles. The first-order valence-electron chi connectivity index (χ1n) is 5.73. The van der Waals surface area contributed by atoms with Gasteiger partial charge in [0.25, 0.3) is 0 Å². The lowest BCUT2D eigenvalue weighted by molar-refractivity contribution is -0.387. The highest BCUT2D eigenvalue weighted by atomic mass is 32.2. The lowest BCUT2D eigenvalue weighted by Gasteiger charge is -2.05. The molecule has 2 aromatic rings. The molecule has 21 heavy (non-hydrogen) atoms. The van der Waals surface area contributed by atoms with Gasteiger partial charge in [0.05, 0.1) is 10.5 Å². The fraction of sp³-hybridized carbons (Fsp3) is 0.0769. The zero-order valence-electron chi connectivity index (χ0n) is 10.5. The molecule has 0 aliphatic rings. The van der Waals surface area contributed by atoms with Crippen molar-refractivity contribution in [3.05, 3.63) is 63.6 Å². The second-order valence-electron chi connectivity index (χ2n) is 3.96. The van der Waals surface area contributed by atoms with E-state index in [4.69, 9.17) is 5.11 Å². The molecule has 6 nitrogen and oxygen atoms in total. The van der Waals surface area contributed by atoms with Gasteiger partial charge in [-0.15, -0.1) is 11.8 Å². The molecule has 0 fully saturated rings. The van der Waals surface area contributed by atoms with Gasteiger partial charge in [-0.3, -0.25) is 10.1 Å². The SMILES string of the molecule is O=C(O)c1cccnc1SCc1cccc([N+](=O)[O-])c1F. The number of benzene rings is 1. The van der Waals surface area contributed by atoms with E-state index in [2.05, 4.69) is 4.98 Å². The van der Waals surface area contributed by atoms with Crippen molar-refractivity contribution < 1.29 is 19.2 Å². The number of nitro benzene ring substituents is 1. The highest BCUT2D eigenvalue weighted by Gasteiger charge is 2.18. The molecule has 0 unspecified atom stereocenters. The van der Waals surface area contributed by atoms with E-state index >= 15 is 0 Å². The highest BCUT2D eigenvalue weighted by Crippen LogP contribution is 2.28. The van der Waals surface area contributed by atoms with Crippen molar-refractivity contribution in [2.45, 2.75) is 10.8 Å². The quantitative estimate of drug-likeness (QED) is 0.518. The van der Waals surface area contributed by atoms with E-state index in [9.17, 15) is 19.3 Å². The first-order chi connectivity index (χ1) is 10.0. The van der Waals surface area contributed by atoms with Gasteiger partial charge < -0.3 is 5.11 Å². The monoisotopic (exact) mass is 308 g/mol. The Morgan fingerprint density at radius 3 is 2.81 bits per heavy atom. The number of nitrogens with zero attached hydrogens (tertiary/aromatic N) is 2. The fourth-order valence-corrected chi connectivity index (χ4v) is 2.59. The van der Waals surface area contributed by atoms with Crippen molar-refractivity contribution in [1.82, 2.24) is 4.98 Å². The van der Waals surface area contributed by atoms with E-state index in [1.807, 2.05) is 0 Å². The number of aromatic nitrogens is 1. The van der Waals surface area contributed by atoms with Crippen molar-refractivity contribution in [3.8, 4) is 0 Å². The second kappa shape index (κ2) is 6.31. The maximum atomic E-state index is 13.9. The van der Waals surface area contributed by atoms with Crippen molar-refractivity contribution >= 4 is 23.4 Å². The van der Waals surface area contributed by atoms with Gasteiger partial charge in [-0.25, -0.2) is 9.78 Å². The van der Waals surface area contributed by atoms with E-state index in [0.29, 0.717) is 0 Å². The van der Waals surface area contributed by atoms with Crippen LogP contribution in [0.2, 0.25) is 0 Å². The Hall–Kier alpha value is -2.48. The van der Waals surface area contributed by atoms with Gasteiger partial charge in [0.15, 0.2) is 0 Å². The number of hydrogen-bond acceptors (Lipinski definition) is 5. The summed E-state index contributed by atoms with van der Waals surface area (Å²) in [6.45, 7) is 0. The number of pyridine rings is 1. The zero-order chi connectivity index (χ0) is 15.4. The molecule has 2 rings (SSSR count). The Morgan fingerprint density at radius 1 is 1.38 bits per heavy atom. The van der Waals surface area contributed by atoms with Crippen LogP contribution in [-0.2, 0) is 5.75 Å². The molecule has 0 amide bonds. The lowest BCUT2D eigenvalue weighted by atomic mass is 10.2. The van der Waals surface area contributed by atoms with Crippen LogP contribution in [0.5, 0.6) is 0 Å². The average molecular weight is 308 g/mol. The Morgan fingerprint density at radius 2 is 2.14 bits per heavy atom. The minimum atomic E-state index is -1.13. The predicted molar refractivity (Wildman–Crippen MR) is 73.8 cm³/mol. The molecule has 8 heteroatoms. The molecule has 0 radical (unpaired) electrons. The van der Waals surface area contributed by atoms with Crippen LogP contribution in [0.25, 0.3) is 0 Å². The number of carboxylic acid groups (broad SMARTS) is 1. The summed E-state index contributed by atoms with van der Waals surface area (Å²) >= 11 is 1.01. The van der Waals surface area contributed by atoms with Crippen LogP contribution in [0.1, 0.15) is 15.9 Å². The average Bonchev–Trinajstić information content (AvgIpc) is 2.46. The number of aromatic carboxylic acids is 1. The third-order valence-corrected chi connectivity index (χ3v) is 3.68. The second-order valence-corrected chi connectivity index (χ2v) is 4.92. The smallest absolute Gasteiger partial charge is 0.338 e. The van der Waals surface area contributed by atoms with Crippen LogP contribution in [0.15, 0.2) is 41.6 Å². The normalized spacial score (nSPS) is 10.3. The van der Waals surface area contributed by atoms with Crippen LogP contribution in [-0.4, -0.2) is 21.0 Å². The Labute approximate surface area is 122 Å². The van der Waals surface area contributed by atoms with E-state index < -0.39 is 22.4 Å². The molecular formula is C13H9FN2O4S. The summed E-state index contributed by atoms with van der Waals surface area (Å²) in [5.74, 6) is -2.00. The van der Waals surface area contributed by atoms with Crippen LogP contribution < -0.4 is 0 Å². The van der Waals surface area contributed by atoms with E-state index in [0.717, 1.165) is 17.8 Å². The molecule has 0 saturated heterocycles. The van der Waals surface area contributed by atoms with Crippen molar-refractivity contribution in [3.63, 3.8) is 0 Å². The van der Waals surface area contributed by atoms with Crippen LogP contribution in [0, 0.1) is 15.9 Å². The minimum Gasteiger partial charge on any atom is -0.478 e. The molecule has 0 aliphatic heterocycles. The molecule has 1 aromatic heterocycles. The summed E-state index contributed by atoms with van der Waals surface area (Å²) in [5, 5.41) is 19.9. The summed E-state index contributed by atoms with van der Waals surface area (Å²) in [4.78, 5) is 24.8. The van der Waals surface area contributed by atoms with Gasteiger partial charge in [0.2, 0.25) is 5.82 Å². The number of carbonyl (C=O) groups is 1. The Balaban J connectivity index is 2.23. The van der Waals surface area contributed by atoms with E-state index in [-0.39, 0.29) is 21.9 Å². The molecule has 1 N–H and O–H groups in total. The Bertz CT molecular complexity index is 708. The van der Waals surface area contributed by atoms with Crippen molar-refractivity contribution in [2.24, 2.45) is 0 Å². The number of halogens is 1. The number of carboxylic acids is 1. The molecule has 108 valence electrons. The summed E-state index contributed by atoms with van der Waals surface area (Å²) < 4.78 is 13.9.